The number of benzene rings is 2. The number of amides is 3. The van der Waals surface area contributed by atoms with Gasteiger partial charge in [0, 0.05) is 5.69 Å². The highest BCUT2D eigenvalue weighted by molar-refractivity contribution is 6.33. The van der Waals surface area contributed by atoms with E-state index >= 15 is 0 Å². The zero-order valence-electron chi connectivity index (χ0n) is 17.1. The molecule has 160 valence electrons. The standard InChI is InChI=1S/C21H20ClN5O4/c1-11-6-12(2)8-13(7-11)23-17(28)10-26-19-18(24-25-26)20(29)27(21(19)30)14-4-5-16(31-3)15(22)9-14/h4-9,18-19H,10H2,1-3H3,(H,23,28)/t18-,19+/m1/s1. The van der Waals surface area contributed by atoms with Crippen LogP contribution in [0, 0.1) is 13.8 Å². The lowest BCUT2D eigenvalue weighted by atomic mass is 10.1. The maximum atomic E-state index is 13.0. The van der Waals surface area contributed by atoms with E-state index in [1.807, 2.05) is 32.0 Å². The molecule has 2 aliphatic rings. The van der Waals surface area contributed by atoms with E-state index in [1.165, 1.54) is 18.2 Å². The van der Waals surface area contributed by atoms with Crippen molar-refractivity contribution in [3.8, 4) is 5.75 Å². The highest BCUT2D eigenvalue weighted by atomic mass is 35.5. The maximum Gasteiger partial charge on any atom is 0.263 e. The van der Waals surface area contributed by atoms with E-state index in [1.54, 1.807) is 12.1 Å². The summed E-state index contributed by atoms with van der Waals surface area (Å²) in [6.07, 6.45) is 0. The molecule has 0 bridgehead atoms. The van der Waals surface area contributed by atoms with E-state index in [2.05, 4.69) is 15.7 Å². The van der Waals surface area contributed by atoms with Crippen molar-refractivity contribution in [1.29, 1.82) is 0 Å². The van der Waals surface area contributed by atoms with Crippen molar-refractivity contribution in [1.82, 2.24) is 5.01 Å². The van der Waals surface area contributed by atoms with Crippen LogP contribution >= 0.6 is 11.6 Å². The van der Waals surface area contributed by atoms with Crippen LogP contribution in [0.5, 0.6) is 5.75 Å². The van der Waals surface area contributed by atoms with Gasteiger partial charge in [-0.05, 0) is 55.3 Å². The number of nitrogens with zero attached hydrogens (tertiary/aromatic N) is 4. The van der Waals surface area contributed by atoms with Crippen LogP contribution in [0.4, 0.5) is 11.4 Å². The van der Waals surface area contributed by atoms with Crippen LogP contribution in [0.25, 0.3) is 0 Å². The topological polar surface area (TPSA) is 104 Å². The summed E-state index contributed by atoms with van der Waals surface area (Å²) in [5.74, 6) is -0.970. The molecule has 2 heterocycles. The van der Waals surface area contributed by atoms with E-state index in [0.717, 1.165) is 16.0 Å². The summed E-state index contributed by atoms with van der Waals surface area (Å²) in [7, 11) is 1.47. The monoisotopic (exact) mass is 441 g/mol. The summed E-state index contributed by atoms with van der Waals surface area (Å²) >= 11 is 6.14. The van der Waals surface area contributed by atoms with E-state index in [0.29, 0.717) is 17.1 Å². The number of ether oxygens (including phenoxy) is 1. The number of carbonyl (C=O) groups excluding carboxylic acids is 3. The van der Waals surface area contributed by atoms with Gasteiger partial charge in [0.05, 0.1) is 17.8 Å². The molecule has 1 saturated heterocycles. The molecule has 4 rings (SSSR count). The molecule has 10 heteroatoms. The second-order valence-corrected chi connectivity index (χ2v) is 7.85. The number of aryl methyl sites for hydroxylation is 2. The Labute approximate surface area is 183 Å². The van der Waals surface area contributed by atoms with Gasteiger partial charge in [0.1, 0.15) is 12.3 Å². The second-order valence-electron chi connectivity index (χ2n) is 7.45. The van der Waals surface area contributed by atoms with Gasteiger partial charge in [0.2, 0.25) is 5.91 Å². The Hall–Kier alpha value is -3.46. The summed E-state index contributed by atoms with van der Waals surface area (Å²) in [6.45, 7) is 3.66. The third-order valence-electron chi connectivity index (χ3n) is 5.06. The molecule has 2 aromatic rings. The SMILES string of the molecule is COc1ccc(N2C(=O)[C@@H]3[C@@H](N=NN3CC(=O)Nc3cc(C)cc(C)c3)C2=O)cc1Cl. The average Bonchev–Trinajstić information content (AvgIpc) is 3.20. The van der Waals surface area contributed by atoms with Crippen LogP contribution in [0.15, 0.2) is 46.7 Å². The van der Waals surface area contributed by atoms with Crippen LogP contribution in [0.1, 0.15) is 11.1 Å². The number of nitrogens with one attached hydrogen (secondary N) is 1. The number of fused-ring (bicyclic) bond motifs is 1. The summed E-state index contributed by atoms with van der Waals surface area (Å²) in [5.41, 5.74) is 2.99. The Bertz CT molecular complexity index is 1100. The normalized spacial score (nSPS) is 19.7. The molecule has 3 amide bonds. The summed E-state index contributed by atoms with van der Waals surface area (Å²) in [6, 6.07) is 8.33. The molecule has 1 fully saturated rings. The zero-order valence-corrected chi connectivity index (χ0v) is 17.9. The van der Waals surface area contributed by atoms with E-state index < -0.39 is 23.9 Å². The Kier molecular flexibility index (Phi) is 5.36. The third-order valence-corrected chi connectivity index (χ3v) is 5.36. The zero-order chi connectivity index (χ0) is 22.3. The molecule has 0 spiro atoms. The van der Waals surface area contributed by atoms with Gasteiger partial charge >= 0.3 is 0 Å². The van der Waals surface area contributed by atoms with Crippen LogP contribution in [-0.4, -0.2) is 48.5 Å². The number of hydrogen-bond donors (Lipinski definition) is 1. The highest BCUT2D eigenvalue weighted by Crippen LogP contribution is 2.35. The first-order valence-electron chi connectivity index (χ1n) is 9.55. The van der Waals surface area contributed by atoms with Crippen LogP contribution < -0.4 is 15.0 Å². The molecule has 9 nitrogen and oxygen atoms in total. The van der Waals surface area contributed by atoms with Crippen molar-refractivity contribution in [2.24, 2.45) is 10.3 Å². The maximum absolute atomic E-state index is 13.0. The predicted octanol–water partition coefficient (Wildman–Crippen LogP) is 2.90. The van der Waals surface area contributed by atoms with Crippen LogP contribution in [0.2, 0.25) is 5.02 Å². The van der Waals surface area contributed by atoms with Gasteiger partial charge in [0.25, 0.3) is 11.8 Å². The molecule has 0 aromatic heterocycles. The molecule has 2 atom stereocenters. The number of carbonyl (C=O) groups is 3. The van der Waals surface area contributed by atoms with Crippen molar-refractivity contribution in [2.75, 3.05) is 23.9 Å². The number of halogens is 1. The van der Waals surface area contributed by atoms with Gasteiger partial charge in [0.15, 0.2) is 12.1 Å². The van der Waals surface area contributed by atoms with Crippen molar-refractivity contribution < 1.29 is 19.1 Å². The number of anilines is 2. The van der Waals surface area contributed by atoms with E-state index in [-0.39, 0.29) is 17.5 Å². The van der Waals surface area contributed by atoms with Gasteiger partial charge in [-0.3, -0.25) is 19.4 Å². The molecule has 1 N–H and O–H groups in total. The first-order valence-corrected chi connectivity index (χ1v) is 9.93. The Morgan fingerprint density at radius 3 is 2.48 bits per heavy atom. The molecular weight excluding hydrogens is 422 g/mol. The van der Waals surface area contributed by atoms with Crippen molar-refractivity contribution in [2.45, 2.75) is 25.9 Å². The van der Waals surface area contributed by atoms with Crippen LogP contribution in [-0.2, 0) is 14.4 Å². The lowest BCUT2D eigenvalue weighted by Gasteiger charge is -2.20. The first kappa shape index (κ1) is 20.8. The first-order chi connectivity index (χ1) is 14.8. The fourth-order valence-corrected chi connectivity index (χ4v) is 4.05. The largest absolute Gasteiger partial charge is 0.495 e. The van der Waals surface area contributed by atoms with E-state index in [9.17, 15) is 14.4 Å². The Morgan fingerprint density at radius 2 is 1.84 bits per heavy atom. The quantitative estimate of drug-likeness (QED) is 0.718. The molecular formula is C21H20ClN5O4. The minimum Gasteiger partial charge on any atom is -0.495 e. The van der Waals surface area contributed by atoms with Crippen molar-refractivity contribution >= 4 is 40.7 Å². The minimum absolute atomic E-state index is 0.214. The number of methoxy groups -OCH3 is 1. The molecule has 0 unspecified atom stereocenters. The molecule has 2 aliphatic heterocycles. The lowest BCUT2D eigenvalue weighted by molar-refractivity contribution is -0.123. The molecule has 0 saturated carbocycles. The van der Waals surface area contributed by atoms with Crippen molar-refractivity contribution in [3.05, 3.63) is 52.5 Å². The Morgan fingerprint density at radius 1 is 1.13 bits per heavy atom. The number of rotatable bonds is 5. The molecule has 2 aromatic carbocycles. The fraction of sp³-hybridized carbons (Fsp3) is 0.286. The van der Waals surface area contributed by atoms with Gasteiger partial charge in [-0.15, -0.1) is 0 Å². The summed E-state index contributed by atoms with van der Waals surface area (Å²) < 4.78 is 5.11. The third kappa shape index (κ3) is 3.84. The van der Waals surface area contributed by atoms with Gasteiger partial charge in [-0.1, -0.05) is 22.9 Å². The van der Waals surface area contributed by atoms with Crippen molar-refractivity contribution in [3.63, 3.8) is 0 Å². The summed E-state index contributed by atoms with van der Waals surface area (Å²) in [4.78, 5) is 39.4. The van der Waals surface area contributed by atoms with Gasteiger partial charge in [-0.2, -0.15) is 5.11 Å². The number of hydrogen-bond acceptors (Lipinski definition) is 7. The van der Waals surface area contributed by atoms with Gasteiger partial charge in [-0.25, -0.2) is 4.90 Å². The fourth-order valence-electron chi connectivity index (χ4n) is 3.80. The average molecular weight is 442 g/mol. The van der Waals surface area contributed by atoms with E-state index in [4.69, 9.17) is 16.3 Å². The summed E-state index contributed by atoms with van der Waals surface area (Å²) in [5, 5.41) is 12.1. The smallest absolute Gasteiger partial charge is 0.263 e. The minimum atomic E-state index is -0.998. The Balaban J connectivity index is 1.50. The predicted molar refractivity (Wildman–Crippen MR) is 114 cm³/mol. The molecule has 31 heavy (non-hydrogen) atoms. The molecule has 0 radical (unpaired) electrons. The number of imide groups is 1. The van der Waals surface area contributed by atoms with Gasteiger partial charge < -0.3 is 10.1 Å². The second kappa shape index (κ2) is 7.99. The highest BCUT2D eigenvalue weighted by Gasteiger charge is 2.55. The molecule has 0 aliphatic carbocycles. The van der Waals surface area contributed by atoms with Crippen LogP contribution in [0.3, 0.4) is 0 Å². The lowest BCUT2D eigenvalue weighted by Crippen LogP contribution is -2.43.